The van der Waals surface area contributed by atoms with Gasteiger partial charge in [-0.15, -0.1) is 0 Å². The molecule has 0 spiro atoms. The van der Waals surface area contributed by atoms with Crippen LogP contribution in [-0.4, -0.2) is 0 Å². The Kier molecular flexibility index (Phi) is 8.13. The second kappa shape index (κ2) is 7.68. The Hall–Kier alpha value is 0.580. The molecule has 0 heterocycles. The van der Waals surface area contributed by atoms with Gasteiger partial charge in [0, 0.05) is 0 Å². The highest BCUT2D eigenvalue weighted by Gasteiger charge is 1.98. The van der Waals surface area contributed by atoms with Gasteiger partial charge in [-0.25, -0.2) is 0 Å². The minimum Gasteiger partial charge on any atom is -0.0983 e. The molecule has 0 aromatic carbocycles. The molecule has 0 aliphatic heterocycles. The zero-order valence-corrected chi connectivity index (χ0v) is 8.01. The number of hydrogen-bond acceptors (Lipinski definition) is 0. The van der Waals surface area contributed by atoms with Gasteiger partial charge in [0.15, 0.2) is 4.84 Å². The first kappa shape index (κ1) is 10.6. The first-order valence-corrected chi connectivity index (χ1v) is 4.69. The van der Waals surface area contributed by atoms with Gasteiger partial charge in [-0.1, -0.05) is 62.2 Å². The average molecular weight is 182 g/mol. The summed E-state index contributed by atoms with van der Waals surface area (Å²) in [6.07, 6.45) is 7.21. The first-order chi connectivity index (χ1) is 4.77. The normalized spacial score (nSPS) is 10.8. The minimum atomic E-state index is 0.525. The third-order valence-electron chi connectivity index (χ3n) is 1.47. The van der Waals surface area contributed by atoms with Crippen LogP contribution in [0.25, 0.3) is 0 Å². The summed E-state index contributed by atoms with van der Waals surface area (Å²) in [7, 11) is 0. The molecule has 10 heavy (non-hydrogen) atoms. The maximum absolute atomic E-state index is 5.47. The van der Waals surface area contributed by atoms with Gasteiger partial charge in [-0.3, -0.25) is 0 Å². The molecule has 0 amide bonds. The third-order valence-corrected chi connectivity index (χ3v) is 1.85. The maximum atomic E-state index is 5.47. The summed E-state index contributed by atoms with van der Waals surface area (Å²) >= 11 is 10.9. The lowest BCUT2D eigenvalue weighted by molar-refractivity contribution is 0.632. The molecule has 0 bridgehead atoms. The molecule has 0 saturated heterocycles. The molecule has 61 valence electrons. The van der Waals surface area contributed by atoms with E-state index < -0.39 is 0 Å². The topological polar surface area (TPSA) is 0 Å². The largest absolute Gasteiger partial charge is 0.151 e. The second-order valence-corrected chi connectivity index (χ2v) is 3.61. The van der Waals surface area contributed by atoms with Crippen LogP contribution in [-0.2, 0) is 0 Å². The van der Waals surface area contributed by atoms with E-state index in [0.29, 0.717) is 4.84 Å². The highest BCUT2D eigenvalue weighted by Crippen LogP contribution is 2.20. The molecule has 1 radical (unpaired) electrons. The van der Waals surface area contributed by atoms with Crippen LogP contribution in [0.5, 0.6) is 0 Å². The van der Waals surface area contributed by atoms with Crippen molar-refractivity contribution in [1.29, 1.82) is 0 Å². The Morgan fingerprint density at radius 1 is 1.00 bits per heavy atom. The predicted octanol–water partition coefficient (Wildman–Crippen LogP) is 4.31. The standard InChI is InChI=1S/C8H15Cl2/c1-2-3-4-5-6-7-8(9)10/h2-7H2,1H3. The van der Waals surface area contributed by atoms with Crippen molar-refractivity contribution in [2.24, 2.45) is 0 Å². The van der Waals surface area contributed by atoms with Crippen LogP contribution < -0.4 is 0 Å². The molecule has 2 heteroatoms. The van der Waals surface area contributed by atoms with E-state index in [9.17, 15) is 0 Å². The number of rotatable bonds is 6. The zero-order chi connectivity index (χ0) is 7.82. The fourth-order valence-corrected chi connectivity index (χ4v) is 1.13. The zero-order valence-electron chi connectivity index (χ0n) is 6.50. The van der Waals surface area contributed by atoms with Crippen molar-refractivity contribution in [2.75, 3.05) is 0 Å². The second-order valence-electron chi connectivity index (χ2n) is 2.50. The van der Waals surface area contributed by atoms with Crippen LogP contribution >= 0.6 is 23.2 Å². The average Bonchev–Trinajstić information content (AvgIpc) is 1.87. The van der Waals surface area contributed by atoms with Gasteiger partial charge in [0.1, 0.15) is 0 Å². The van der Waals surface area contributed by atoms with Gasteiger partial charge < -0.3 is 0 Å². The highest BCUT2D eigenvalue weighted by molar-refractivity contribution is 6.52. The summed E-state index contributed by atoms with van der Waals surface area (Å²) in [5.74, 6) is 0. The number of unbranched alkanes of at least 4 members (excludes halogenated alkanes) is 4. The van der Waals surface area contributed by atoms with E-state index in [1.54, 1.807) is 0 Å². The van der Waals surface area contributed by atoms with Gasteiger partial charge in [0.25, 0.3) is 0 Å². The van der Waals surface area contributed by atoms with Crippen molar-refractivity contribution in [2.45, 2.75) is 45.4 Å². The molecule has 0 N–H and O–H groups in total. The highest BCUT2D eigenvalue weighted by atomic mass is 35.5. The van der Waals surface area contributed by atoms with Crippen molar-refractivity contribution < 1.29 is 0 Å². The number of halogens is 2. The monoisotopic (exact) mass is 181 g/mol. The first-order valence-electron chi connectivity index (χ1n) is 3.94. The SMILES string of the molecule is CCCCCCC[C](Cl)Cl. The molecule has 0 aliphatic carbocycles. The molecule has 0 nitrogen and oxygen atoms in total. The smallest absolute Gasteiger partial charge is 0.0983 e. The van der Waals surface area contributed by atoms with Gasteiger partial charge in [-0.2, -0.15) is 0 Å². The molecular formula is C8H15Cl2. The molecule has 0 unspecified atom stereocenters. The van der Waals surface area contributed by atoms with Crippen molar-refractivity contribution in [1.82, 2.24) is 0 Å². The van der Waals surface area contributed by atoms with E-state index in [-0.39, 0.29) is 0 Å². The summed E-state index contributed by atoms with van der Waals surface area (Å²) in [5, 5.41) is 0. The van der Waals surface area contributed by atoms with Crippen molar-refractivity contribution >= 4 is 23.2 Å². The molecule has 0 aromatic rings. The van der Waals surface area contributed by atoms with E-state index in [2.05, 4.69) is 6.92 Å². The maximum Gasteiger partial charge on any atom is 0.151 e. The van der Waals surface area contributed by atoms with E-state index in [1.165, 1.54) is 25.7 Å². The molecule has 0 atom stereocenters. The fourth-order valence-electron chi connectivity index (χ4n) is 0.862. The van der Waals surface area contributed by atoms with Crippen molar-refractivity contribution in [3.63, 3.8) is 0 Å². The molecular weight excluding hydrogens is 167 g/mol. The Morgan fingerprint density at radius 2 is 1.60 bits per heavy atom. The Morgan fingerprint density at radius 3 is 2.10 bits per heavy atom. The lowest BCUT2D eigenvalue weighted by Crippen LogP contribution is -1.79. The van der Waals surface area contributed by atoms with E-state index in [0.717, 1.165) is 12.8 Å². The van der Waals surface area contributed by atoms with E-state index in [1.807, 2.05) is 0 Å². The summed E-state index contributed by atoms with van der Waals surface area (Å²) in [6.45, 7) is 2.21. The lowest BCUT2D eigenvalue weighted by Gasteiger charge is -1.98. The lowest BCUT2D eigenvalue weighted by atomic mass is 10.1. The summed E-state index contributed by atoms with van der Waals surface area (Å²) in [4.78, 5) is 0.525. The summed E-state index contributed by atoms with van der Waals surface area (Å²) in [5.41, 5.74) is 0. The van der Waals surface area contributed by atoms with Crippen LogP contribution in [0.1, 0.15) is 45.4 Å². The third kappa shape index (κ3) is 8.58. The van der Waals surface area contributed by atoms with Gasteiger partial charge in [0.2, 0.25) is 0 Å². The molecule has 0 aliphatic rings. The van der Waals surface area contributed by atoms with Crippen LogP contribution in [0.3, 0.4) is 0 Å². The van der Waals surface area contributed by atoms with Crippen molar-refractivity contribution in [3.8, 4) is 0 Å². The quantitative estimate of drug-likeness (QED) is 0.536. The van der Waals surface area contributed by atoms with E-state index in [4.69, 9.17) is 23.2 Å². The Bertz CT molecular complexity index is 62.3. The number of hydrogen-bond donors (Lipinski definition) is 0. The van der Waals surface area contributed by atoms with Gasteiger partial charge in [-0.05, 0) is 6.42 Å². The predicted molar refractivity (Wildman–Crippen MR) is 48.3 cm³/mol. The fraction of sp³-hybridized carbons (Fsp3) is 0.875. The van der Waals surface area contributed by atoms with Crippen LogP contribution in [0.15, 0.2) is 0 Å². The molecule has 0 aromatic heterocycles. The summed E-state index contributed by atoms with van der Waals surface area (Å²) in [6, 6.07) is 0. The van der Waals surface area contributed by atoms with Crippen LogP contribution in [0.4, 0.5) is 0 Å². The Labute approximate surface area is 73.9 Å². The van der Waals surface area contributed by atoms with E-state index >= 15 is 0 Å². The van der Waals surface area contributed by atoms with Gasteiger partial charge >= 0.3 is 0 Å². The molecule has 0 rings (SSSR count). The van der Waals surface area contributed by atoms with Gasteiger partial charge in [0.05, 0.1) is 0 Å². The van der Waals surface area contributed by atoms with Crippen LogP contribution in [0.2, 0.25) is 0 Å². The van der Waals surface area contributed by atoms with Crippen molar-refractivity contribution in [3.05, 3.63) is 4.84 Å². The molecule has 0 saturated carbocycles. The Balaban J connectivity index is 2.77. The van der Waals surface area contributed by atoms with Crippen LogP contribution in [0, 0.1) is 4.84 Å². The molecule has 0 fully saturated rings. The summed E-state index contributed by atoms with van der Waals surface area (Å²) < 4.78 is 0. The minimum absolute atomic E-state index is 0.525.